The van der Waals surface area contributed by atoms with E-state index in [4.69, 9.17) is 9.47 Å². The Morgan fingerprint density at radius 3 is 2.80 bits per heavy atom. The molecule has 3 rings (SSSR count). The minimum absolute atomic E-state index is 0.220. The molecule has 1 unspecified atom stereocenters. The molecule has 4 nitrogen and oxygen atoms in total. The van der Waals surface area contributed by atoms with E-state index >= 15 is 0 Å². The van der Waals surface area contributed by atoms with Crippen LogP contribution in [0.2, 0.25) is 0 Å². The van der Waals surface area contributed by atoms with Crippen LogP contribution in [0.25, 0.3) is 0 Å². The summed E-state index contributed by atoms with van der Waals surface area (Å²) < 4.78 is 11.1. The van der Waals surface area contributed by atoms with Crippen LogP contribution in [0.5, 0.6) is 11.5 Å². The van der Waals surface area contributed by atoms with E-state index in [-0.39, 0.29) is 12.6 Å². The van der Waals surface area contributed by atoms with Gasteiger partial charge in [0.2, 0.25) is 0 Å². The maximum Gasteiger partial charge on any atom is 0.162 e. The monoisotopic (exact) mass is 295 g/mol. The number of hydrogen-bond acceptors (Lipinski definition) is 5. The number of hydrogen-bond donors (Lipinski definition) is 2. The molecule has 1 aliphatic heterocycles. The molecular formula is C15H21NO3S. The molecular weight excluding hydrogens is 274 g/mol. The van der Waals surface area contributed by atoms with Crippen molar-refractivity contribution in [2.75, 3.05) is 25.6 Å². The zero-order valence-electron chi connectivity index (χ0n) is 11.5. The van der Waals surface area contributed by atoms with Crippen LogP contribution in [0, 0.1) is 0 Å². The lowest BCUT2D eigenvalue weighted by Crippen LogP contribution is -2.34. The predicted octanol–water partition coefficient (Wildman–Crippen LogP) is 2.05. The fourth-order valence-corrected chi connectivity index (χ4v) is 3.24. The van der Waals surface area contributed by atoms with E-state index in [1.165, 1.54) is 17.7 Å². The maximum absolute atomic E-state index is 9.35. The molecule has 1 fully saturated rings. The molecule has 1 atom stereocenters. The maximum atomic E-state index is 9.35. The Morgan fingerprint density at radius 1 is 1.25 bits per heavy atom. The zero-order valence-corrected chi connectivity index (χ0v) is 12.3. The molecule has 1 saturated carbocycles. The summed E-state index contributed by atoms with van der Waals surface area (Å²) >= 11 is 1.80. The number of fused-ring (bicyclic) bond motifs is 1. The lowest BCUT2D eigenvalue weighted by molar-refractivity contribution is 0.171. The summed E-state index contributed by atoms with van der Waals surface area (Å²) in [6, 6.07) is 6.96. The number of aliphatic hydroxyl groups is 1. The van der Waals surface area contributed by atoms with Gasteiger partial charge in [0.05, 0.1) is 6.61 Å². The third-order valence-electron chi connectivity index (χ3n) is 3.52. The summed E-state index contributed by atoms with van der Waals surface area (Å²) in [5.74, 6) is 2.67. The first-order valence-electron chi connectivity index (χ1n) is 7.24. The SMILES string of the molecule is OCC(CCSc1ccc2c(c1)OCCO2)NC1CC1. The zero-order chi connectivity index (χ0) is 13.8. The average Bonchev–Trinajstić information content (AvgIpc) is 3.30. The van der Waals surface area contributed by atoms with Gasteiger partial charge < -0.3 is 19.9 Å². The average molecular weight is 295 g/mol. The number of nitrogens with one attached hydrogen (secondary N) is 1. The van der Waals surface area contributed by atoms with Gasteiger partial charge in [0.15, 0.2) is 11.5 Å². The van der Waals surface area contributed by atoms with Gasteiger partial charge in [-0.1, -0.05) is 0 Å². The van der Waals surface area contributed by atoms with Crippen molar-refractivity contribution in [3.63, 3.8) is 0 Å². The van der Waals surface area contributed by atoms with E-state index in [1.807, 2.05) is 12.1 Å². The summed E-state index contributed by atoms with van der Waals surface area (Å²) in [5, 5.41) is 12.8. The van der Waals surface area contributed by atoms with Crippen molar-refractivity contribution in [1.29, 1.82) is 0 Å². The predicted molar refractivity (Wildman–Crippen MR) is 79.8 cm³/mol. The molecule has 0 radical (unpaired) electrons. The summed E-state index contributed by atoms with van der Waals surface area (Å²) in [6.07, 6.45) is 3.49. The number of aliphatic hydroxyl groups excluding tert-OH is 1. The van der Waals surface area contributed by atoms with Gasteiger partial charge in [-0.05, 0) is 43.2 Å². The van der Waals surface area contributed by atoms with Crippen LogP contribution in [0.3, 0.4) is 0 Å². The van der Waals surface area contributed by atoms with Gasteiger partial charge in [0.1, 0.15) is 13.2 Å². The van der Waals surface area contributed by atoms with Crippen molar-refractivity contribution in [3.8, 4) is 11.5 Å². The summed E-state index contributed by atoms with van der Waals surface area (Å²) in [7, 11) is 0. The van der Waals surface area contributed by atoms with Crippen molar-refractivity contribution >= 4 is 11.8 Å². The van der Waals surface area contributed by atoms with Gasteiger partial charge in [-0.25, -0.2) is 0 Å². The Morgan fingerprint density at radius 2 is 2.05 bits per heavy atom. The Labute approximate surface area is 123 Å². The van der Waals surface area contributed by atoms with Crippen molar-refractivity contribution in [2.24, 2.45) is 0 Å². The molecule has 1 aliphatic carbocycles. The van der Waals surface area contributed by atoms with Gasteiger partial charge >= 0.3 is 0 Å². The van der Waals surface area contributed by atoms with Crippen molar-refractivity contribution in [1.82, 2.24) is 5.32 Å². The Hall–Kier alpha value is -0.910. The molecule has 0 bridgehead atoms. The van der Waals surface area contributed by atoms with E-state index in [2.05, 4.69) is 11.4 Å². The highest BCUT2D eigenvalue weighted by Crippen LogP contribution is 2.34. The van der Waals surface area contributed by atoms with Crippen LogP contribution in [0.15, 0.2) is 23.1 Å². The lowest BCUT2D eigenvalue weighted by atomic mass is 10.2. The van der Waals surface area contributed by atoms with E-state index in [0.717, 1.165) is 23.7 Å². The topological polar surface area (TPSA) is 50.7 Å². The van der Waals surface area contributed by atoms with Crippen LogP contribution in [-0.2, 0) is 0 Å². The fourth-order valence-electron chi connectivity index (χ4n) is 2.24. The highest BCUT2D eigenvalue weighted by Gasteiger charge is 2.24. The van der Waals surface area contributed by atoms with Gasteiger partial charge in [-0.15, -0.1) is 11.8 Å². The summed E-state index contributed by atoms with van der Waals surface area (Å²) in [5.41, 5.74) is 0. The molecule has 1 aromatic rings. The van der Waals surface area contributed by atoms with Crippen LogP contribution in [0.1, 0.15) is 19.3 Å². The second-order valence-corrected chi connectivity index (χ2v) is 6.43. The Kier molecular flexibility index (Phi) is 4.70. The largest absolute Gasteiger partial charge is 0.486 e. The van der Waals surface area contributed by atoms with Gasteiger partial charge in [0, 0.05) is 17.0 Å². The van der Waals surface area contributed by atoms with Crippen LogP contribution >= 0.6 is 11.8 Å². The molecule has 2 aliphatic rings. The normalized spacial score (nSPS) is 18.9. The highest BCUT2D eigenvalue weighted by molar-refractivity contribution is 7.99. The van der Waals surface area contributed by atoms with E-state index in [0.29, 0.717) is 19.3 Å². The first-order chi connectivity index (χ1) is 9.85. The summed E-state index contributed by atoms with van der Waals surface area (Å²) in [4.78, 5) is 1.19. The molecule has 1 heterocycles. The number of rotatable bonds is 7. The van der Waals surface area contributed by atoms with Crippen LogP contribution < -0.4 is 14.8 Å². The summed E-state index contributed by atoms with van der Waals surface area (Å²) in [6.45, 7) is 1.47. The van der Waals surface area contributed by atoms with Crippen LogP contribution in [0.4, 0.5) is 0 Å². The second kappa shape index (κ2) is 6.70. The van der Waals surface area contributed by atoms with E-state index in [9.17, 15) is 5.11 Å². The minimum Gasteiger partial charge on any atom is -0.486 e. The first-order valence-corrected chi connectivity index (χ1v) is 8.23. The highest BCUT2D eigenvalue weighted by atomic mass is 32.2. The molecule has 0 aromatic heterocycles. The minimum atomic E-state index is 0.220. The van der Waals surface area contributed by atoms with Crippen LogP contribution in [-0.4, -0.2) is 42.8 Å². The third kappa shape index (κ3) is 3.81. The standard InChI is InChI=1S/C15H21NO3S/c17-10-12(16-11-1-2-11)5-8-20-13-3-4-14-15(9-13)19-7-6-18-14/h3-4,9,11-12,16-17H,1-2,5-8,10H2. The Balaban J connectivity index is 1.47. The van der Waals surface area contributed by atoms with Gasteiger partial charge in [-0.2, -0.15) is 0 Å². The van der Waals surface area contributed by atoms with Crippen molar-refractivity contribution in [2.45, 2.75) is 36.2 Å². The molecule has 0 saturated heterocycles. The first kappa shape index (κ1) is 14.0. The molecule has 0 spiro atoms. The van der Waals surface area contributed by atoms with E-state index in [1.54, 1.807) is 11.8 Å². The second-order valence-electron chi connectivity index (χ2n) is 5.26. The molecule has 1 aromatic carbocycles. The number of ether oxygens (including phenoxy) is 2. The molecule has 110 valence electrons. The van der Waals surface area contributed by atoms with Gasteiger partial charge in [-0.3, -0.25) is 0 Å². The third-order valence-corrected chi connectivity index (χ3v) is 4.54. The van der Waals surface area contributed by atoms with Crippen molar-refractivity contribution < 1.29 is 14.6 Å². The quantitative estimate of drug-likeness (QED) is 0.754. The molecule has 0 amide bonds. The van der Waals surface area contributed by atoms with E-state index < -0.39 is 0 Å². The molecule has 5 heteroatoms. The molecule has 20 heavy (non-hydrogen) atoms. The number of benzene rings is 1. The molecule has 2 N–H and O–H groups in total. The fraction of sp³-hybridized carbons (Fsp3) is 0.600. The van der Waals surface area contributed by atoms with Crippen molar-refractivity contribution in [3.05, 3.63) is 18.2 Å². The number of thioether (sulfide) groups is 1. The van der Waals surface area contributed by atoms with Gasteiger partial charge in [0.25, 0.3) is 0 Å². The smallest absolute Gasteiger partial charge is 0.162 e. The lowest BCUT2D eigenvalue weighted by Gasteiger charge is -2.19. The Bertz CT molecular complexity index is 451.